The number of ketones is 2. The quantitative estimate of drug-likeness (QED) is 0.662. The number of allylic oxidation sites excluding steroid dienone is 1. The van der Waals surface area contributed by atoms with Gasteiger partial charge in [-0.2, -0.15) is 0 Å². The zero-order valence-corrected chi connectivity index (χ0v) is 19.4. The van der Waals surface area contributed by atoms with Gasteiger partial charge in [-0.25, -0.2) is 0 Å². The number of ether oxygens (including phenoxy) is 2. The lowest BCUT2D eigenvalue weighted by atomic mass is 9.45. The summed E-state index contributed by atoms with van der Waals surface area (Å²) in [4.78, 5) is 48.5. The Balaban J connectivity index is 1.73. The molecular weight excluding hydrogens is 412 g/mol. The van der Waals surface area contributed by atoms with E-state index in [2.05, 4.69) is 6.92 Å². The Morgan fingerprint density at radius 3 is 2.47 bits per heavy atom. The van der Waals surface area contributed by atoms with Crippen LogP contribution in [0.25, 0.3) is 0 Å². The van der Waals surface area contributed by atoms with Crippen LogP contribution < -0.4 is 0 Å². The second kappa shape index (κ2) is 7.79. The SMILES string of the molecule is CC(=O)OCC(=O)[C@@]1(O)CC[C@H]2[C@@H]3CCC4=CC(=O)CC[C@]4(C)[C@H]3[C@H](OC(C)=O)C[C@@]21C. The first-order chi connectivity index (χ1) is 14.9. The smallest absolute Gasteiger partial charge is 0.303 e. The van der Waals surface area contributed by atoms with Gasteiger partial charge >= 0.3 is 11.9 Å². The summed E-state index contributed by atoms with van der Waals surface area (Å²) in [5, 5.41) is 11.7. The van der Waals surface area contributed by atoms with Crippen LogP contribution in [0.1, 0.15) is 72.6 Å². The third kappa shape index (κ3) is 3.35. The number of Topliss-reactive ketones (excluding diaryl/α,β-unsaturated/α-hetero) is 1. The molecule has 3 fully saturated rings. The van der Waals surface area contributed by atoms with Crippen molar-refractivity contribution in [2.75, 3.05) is 6.61 Å². The molecule has 3 saturated carbocycles. The Morgan fingerprint density at radius 1 is 1.09 bits per heavy atom. The van der Waals surface area contributed by atoms with Crippen molar-refractivity contribution >= 4 is 23.5 Å². The van der Waals surface area contributed by atoms with Gasteiger partial charge in [0.2, 0.25) is 5.78 Å². The second-order valence-corrected chi connectivity index (χ2v) is 10.8. The molecule has 0 heterocycles. The van der Waals surface area contributed by atoms with Gasteiger partial charge in [0.25, 0.3) is 0 Å². The fourth-order valence-electron chi connectivity index (χ4n) is 7.72. The van der Waals surface area contributed by atoms with E-state index in [-0.39, 0.29) is 34.9 Å². The molecule has 176 valence electrons. The number of aliphatic hydroxyl groups is 1. The Hall–Kier alpha value is -2.02. The molecule has 0 bridgehead atoms. The normalized spacial score (nSPS) is 42.8. The largest absolute Gasteiger partial charge is 0.462 e. The van der Waals surface area contributed by atoms with E-state index in [0.29, 0.717) is 25.7 Å². The number of carbonyl (C=O) groups excluding carboxylic acids is 4. The highest BCUT2D eigenvalue weighted by Gasteiger charge is 2.69. The fraction of sp³-hybridized carbons (Fsp3) is 0.760. The first kappa shape index (κ1) is 23.1. The third-order valence-electron chi connectivity index (χ3n) is 9.21. The molecule has 0 aliphatic heterocycles. The van der Waals surface area contributed by atoms with Gasteiger partial charge < -0.3 is 14.6 Å². The van der Waals surface area contributed by atoms with Crippen LogP contribution in [0, 0.1) is 28.6 Å². The third-order valence-corrected chi connectivity index (χ3v) is 9.21. The summed E-state index contributed by atoms with van der Waals surface area (Å²) in [5.74, 6) is -0.964. The standard InChI is InChI=1S/C25H34O7/c1-14(26)31-13-21(29)25(30)10-8-19-18-6-5-16-11-17(28)7-9-23(16,3)22(18)20(32-15(2)27)12-24(19,25)4/h11,18-20,22,30H,5-10,12-13H2,1-4H3/t18-,19-,20+,22+,23-,24-,25-/m0/s1. The molecular formula is C25H34O7. The molecule has 7 nitrogen and oxygen atoms in total. The summed E-state index contributed by atoms with van der Waals surface area (Å²) < 4.78 is 10.8. The van der Waals surface area contributed by atoms with Crippen LogP contribution >= 0.6 is 0 Å². The molecule has 0 spiro atoms. The van der Waals surface area contributed by atoms with E-state index in [1.54, 1.807) is 6.08 Å². The van der Waals surface area contributed by atoms with Gasteiger partial charge in [0.05, 0.1) is 0 Å². The summed E-state index contributed by atoms with van der Waals surface area (Å²) >= 11 is 0. The maximum atomic E-state index is 13.1. The predicted octanol–water partition coefficient (Wildman–Crippen LogP) is 2.92. The summed E-state index contributed by atoms with van der Waals surface area (Å²) in [6.45, 7) is 6.30. The summed E-state index contributed by atoms with van der Waals surface area (Å²) in [6.07, 6.45) is 5.59. The molecule has 32 heavy (non-hydrogen) atoms. The van der Waals surface area contributed by atoms with E-state index in [9.17, 15) is 24.3 Å². The molecule has 4 aliphatic rings. The molecule has 0 saturated heterocycles. The first-order valence-corrected chi connectivity index (χ1v) is 11.7. The lowest BCUT2D eigenvalue weighted by molar-refractivity contribution is -0.196. The van der Waals surface area contributed by atoms with Crippen LogP contribution in [0.3, 0.4) is 0 Å². The van der Waals surface area contributed by atoms with Gasteiger partial charge in [0.1, 0.15) is 11.7 Å². The monoisotopic (exact) mass is 446 g/mol. The Bertz CT molecular complexity index is 891. The number of hydrogen-bond donors (Lipinski definition) is 1. The first-order valence-electron chi connectivity index (χ1n) is 11.7. The molecule has 7 atom stereocenters. The highest BCUT2D eigenvalue weighted by Crippen LogP contribution is 2.68. The Morgan fingerprint density at radius 2 is 1.81 bits per heavy atom. The maximum absolute atomic E-state index is 13.1. The predicted molar refractivity (Wildman–Crippen MR) is 114 cm³/mol. The molecule has 0 radical (unpaired) electrons. The van der Waals surface area contributed by atoms with Crippen LogP contribution in [-0.4, -0.2) is 46.9 Å². The van der Waals surface area contributed by atoms with Gasteiger partial charge in [-0.05, 0) is 61.9 Å². The molecule has 0 aromatic rings. The lowest BCUT2D eigenvalue weighted by Gasteiger charge is -2.60. The van der Waals surface area contributed by atoms with Crippen LogP contribution in [-0.2, 0) is 28.7 Å². The van der Waals surface area contributed by atoms with E-state index >= 15 is 0 Å². The second-order valence-electron chi connectivity index (χ2n) is 10.8. The van der Waals surface area contributed by atoms with Crippen LogP contribution in [0.2, 0.25) is 0 Å². The van der Waals surface area contributed by atoms with Gasteiger partial charge in [-0.15, -0.1) is 0 Å². The topological polar surface area (TPSA) is 107 Å². The highest BCUT2D eigenvalue weighted by atomic mass is 16.5. The summed E-state index contributed by atoms with van der Waals surface area (Å²) in [6, 6.07) is 0. The Labute approximate surface area is 188 Å². The molecule has 0 unspecified atom stereocenters. The van der Waals surface area contributed by atoms with Gasteiger partial charge in [-0.3, -0.25) is 19.2 Å². The van der Waals surface area contributed by atoms with E-state index in [1.807, 2.05) is 6.92 Å². The summed E-state index contributed by atoms with van der Waals surface area (Å²) in [5.41, 5.74) is -1.50. The highest BCUT2D eigenvalue weighted by molar-refractivity contribution is 5.92. The van der Waals surface area contributed by atoms with Crippen LogP contribution in [0.15, 0.2) is 11.6 Å². The van der Waals surface area contributed by atoms with E-state index in [1.165, 1.54) is 13.8 Å². The number of carbonyl (C=O) groups is 4. The fourth-order valence-corrected chi connectivity index (χ4v) is 7.72. The molecule has 4 aliphatic carbocycles. The van der Waals surface area contributed by atoms with Crippen molar-refractivity contribution in [3.05, 3.63) is 11.6 Å². The molecule has 0 aromatic carbocycles. The van der Waals surface area contributed by atoms with Crippen molar-refractivity contribution in [2.24, 2.45) is 28.6 Å². The van der Waals surface area contributed by atoms with E-state index in [4.69, 9.17) is 9.47 Å². The Kier molecular flexibility index (Phi) is 5.63. The van der Waals surface area contributed by atoms with Gasteiger partial charge in [-0.1, -0.05) is 19.4 Å². The lowest BCUT2D eigenvalue weighted by Crippen LogP contribution is -2.62. The van der Waals surface area contributed by atoms with Crippen LogP contribution in [0.5, 0.6) is 0 Å². The number of hydrogen-bond acceptors (Lipinski definition) is 7. The van der Waals surface area contributed by atoms with Crippen molar-refractivity contribution in [1.82, 2.24) is 0 Å². The van der Waals surface area contributed by atoms with E-state index in [0.717, 1.165) is 24.8 Å². The maximum Gasteiger partial charge on any atom is 0.303 e. The summed E-state index contributed by atoms with van der Waals surface area (Å²) in [7, 11) is 0. The van der Waals surface area contributed by atoms with Gasteiger partial charge in [0.15, 0.2) is 12.4 Å². The molecule has 1 N–H and O–H groups in total. The molecule has 0 aromatic heterocycles. The minimum atomic E-state index is -1.63. The number of esters is 2. The van der Waals surface area contributed by atoms with Crippen molar-refractivity contribution in [1.29, 1.82) is 0 Å². The van der Waals surface area contributed by atoms with Crippen molar-refractivity contribution in [3.8, 4) is 0 Å². The van der Waals surface area contributed by atoms with Crippen molar-refractivity contribution < 1.29 is 33.8 Å². The van der Waals surface area contributed by atoms with Crippen molar-refractivity contribution in [2.45, 2.75) is 84.3 Å². The zero-order chi connectivity index (χ0) is 23.5. The molecule has 0 amide bonds. The number of fused-ring (bicyclic) bond motifs is 5. The average molecular weight is 447 g/mol. The van der Waals surface area contributed by atoms with Crippen LogP contribution in [0.4, 0.5) is 0 Å². The minimum Gasteiger partial charge on any atom is -0.462 e. The minimum absolute atomic E-state index is 0.0449. The zero-order valence-electron chi connectivity index (χ0n) is 19.4. The molecule has 7 heteroatoms. The molecule has 4 rings (SSSR count). The van der Waals surface area contributed by atoms with Crippen molar-refractivity contribution in [3.63, 3.8) is 0 Å². The average Bonchev–Trinajstić information content (AvgIpc) is 2.97. The van der Waals surface area contributed by atoms with E-state index < -0.39 is 35.5 Å². The number of rotatable bonds is 4. The van der Waals surface area contributed by atoms with Gasteiger partial charge in [0, 0.05) is 31.6 Å².